The first-order valence-corrected chi connectivity index (χ1v) is 6.63. The van der Waals surface area contributed by atoms with E-state index in [-0.39, 0.29) is 12.4 Å². The third-order valence-corrected chi connectivity index (χ3v) is 3.23. The number of nitrogens with one attached hydrogen (secondary N) is 1. The van der Waals surface area contributed by atoms with Crippen LogP contribution in [-0.4, -0.2) is 30.8 Å². The Labute approximate surface area is 108 Å². The van der Waals surface area contributed by atoms with Gasteiger partial charge in [0.05, 0.1) is 12.3 Å². The van der Waals surface area contributed by atoms with Crippen molar-refractivity contribution in [2.75, 3.05) is 24.6 Å². The molecule has 0 aliphatic heterocycles. The number of nitrogens with zero attached hydrogens (tertiary/aromatic N) is 1. The normalized spacial score (nSPS) is 14.8. The molecule has 4 heteroatoms. The molecule has 0 heterocycles. The van der Waals surface area contributed by atoms with Crippen LogP contribution in [0.3, 0.4) is 0 Å². The van der Waals surface area contributed by atoms with Gasteiger partial charge in [-0.1, -0.05) is 13.0 Å². The maximum Gasteiger partial charge on any atom is 0.146 e. The first kappa shape index (κ1) is 13.3. The van der Waals surface area contributed by atoms with Gasteiger partial charge in [-0.2, -0.15) is 0 Å². The molecule has 1 fully saturated rings. The van der Waals surface area contributed by atoms with E-state index in [0.717, 1.165) is 24.9 Å². The van der Waals surface area contributed by atoms with E-state index in [1.807, 2.05) is 24.0 Å². The fraction of sp³-hybridized carbons (Fsp3) is 0.571. The molecule has 3 nitrogen and oxygen atoms in total. The number of aliphatic hydroxyl groups excluding tert-OH is 1. The highest BCUT2D eigenvalue weighted by atomic mass is 19.1. The largest absolute Gasteiger partial charge is 0.395 e. The first-order valence-electron chi connectivity index (χ1n) is 6.63. The zero-order chi connectivity index (χ0) is 13.0. The highest BCUT2D eigenvalue weighted by Gasteiger charge is 2.30. The maximum atomic E-state index is 14.1. The molecule has 0 bridgehead atoms. The molecular formula is C14H21FN2O. The quantitative estimate of drug-likeness (QED) is 0.778. The van der Waals surface area contributed by atoms with Crippen LogP contribution in [0.4, 0.5) is 10.1 Å². The molecule has 1 aliphatic rings. The van der Waals surface area contributed by atoms with Crippen molar-refractivity contribution < 1.29 is 9.50 Å². The standard InChI is InChI=1S/C14H21FN2O/c1-2-16-10-11-3-6-14(13(15)9-11)17(7-8-18)12-4-5-12/h3,6,9,12,16,18H,2,4-5,7-8,10H2,1H3. The van der Waals surface area contributed by atoms with E-state index in [4.69, 9.17) is 5.11 Å². The van der Waals surface area contributed by atoms with Crippen LogP contribution < -0.4 is 10.2 Å². The lowest BCUT2D eigenvalue weighted by Gasteiger charge is -2.24. The fourth-order valence-electron chi connectivity index (χ4n) is 2.16. The number of aliphatic hydroxyl groups is 1. The van der Waals surface area contributed by atoms with Crippen molar-refractivity contribution >= 4 is 5.69 Å². The van der Waals surface area contributed by atoms with Gasteiger partial charge in [-0.25, -0.2) is 4.39 Å². The summed E-state index contributed by atoms with van der Waals surface area (Å²) < 4.78 is 14.1. The van der Waals surface area contributed by atoms with Gasteiger partial charge in [0.15, 0.2) is 0 Å². The Morgan fingerprint density at radius 3 is 2.78 bits per heavy atom. The minimum atomic E-state index is -0.189. The summed E-state index contributed by atoms with van der Waals surface area (Å²) in [5.41, 5.74) is 1.57. The summed E-state index contributed by atoms with van der Waals surface area (Å²) in [7, 11) is 0. The third-order valence-electron chi connectivity index (χ3n) is 3.23. The predicted octanol–water partition coefficient (Wildman–Crippen LogP) is 1.90. The van der Waals surface area contributed by atoms with Gasteiger partial charge < -0.3 is 15.3 Å². The van der Waals surface area contributed by atoms with Crippen molar-refractivity contribution in [2.45, 2.75) is 32.4 Å². The number of rotatable bonds is 7. The molecule has 18 heavy (non-hydrogen) atoms. The lowest BCUT2D eigenvalue weighted by atomic mass is 10.1. The Balaban J connectivity index is 2.11. The van der Waals surface area contributed by atoms with E-state index in [1.54, 1.807) is 6.07 Å². The monoisotopic (exact) mass is 252 g/mol. The fourth-order valence-corrected chi connectivity index (χ4v) is 2.16. The molecule has 1 saturated carbocycles. The lowest BCUT2D eigenvalue weighted by Crippen LogP contribution is -2.29. The van der Waals surface area contributed by atoms with Crippen LogP contribution in [0, 0.1) is 5.82 Å². The Morgan fingerprint density at radius 1 is 1.44 bits per heavy atom. The summed E-state index contributed by atoms with van der Waals surface area (Å²) in [6, 6.07) is 5.78. The van der Waals surface area contributed by atoms with Gasteiger partial charge >= 0.3 is 0 Å². The van der Waals surface area contributed by atoms with Crippen LogP contribution in [0.15, 0.2) is 18.2 Å². The summed E-state index contributed by atoms with van der Waals surface area (Å²) in [5, 5.41) is 12.2. The zero-order valence-corrected chi connectivity index (χ0v) is 10.8. The second-order valence-electron chi connectivity index (χ2n) is 4.71. The average molecular weight is 252 g/mol. The van der Waals surface area contributed by atoms with E-state index >= 15 is 0 Å². The van der Waals surface area contributed by atoms with Gasteiger partial charge in [0, 0.05) is 19.1 Å². The average Bonchev–Trinajstić information content (AvgIpc) is 3.18. The van der Waals surface area contributed by atoms with Crippen molar-refractivity contribution in [1.29, 1.82) is 0 Å². The van der Waals surface area contributed by atoms with Crippen LogP contribution in [0.25, 0.3) is 0 Å². The Bertz CT molecular complexity index is 393. The summed E-state index contributed by atoms with van der Waals surface area (Å²) in [4.78, 5) is 1.98. The van der Waals surface area contributed by atoms with Crippen molar-refractivity contribution in [1.82, 2.24) is 5.32 Å². The molecule has 0 unspecified atom stereocenters. The van der Waals surface area contributed by atoms with E-state index in [0.29, 0.717) is 24.8 Å². The number of hydrogen-bond acceptors (Lipinski definition) is 3. The summed E-state index contributed by atoms with van der Waals surface area (Å²) in [6.07, 6.45) is 2.19. The molecule has 0 saturated heterocycles. The van der Waals surface area contributed by atoms with Crippen molar-refractivity contribution in [2.24, 2.45) is 0 Å². The van der Waals surface area contributed by atoms with Crippen LogP contribution >= 0.6 is 0 Å². The second-order valence-corrected chi connectivity index (χ2v) is 4.71. The predicted molar refractivity (Wildman–Crippen MR) is 71.2 cm³/mol. The van der Waals surface area contributed by atoms with E-state index in [9.17, 15) is 4.39 Å². The molecule has 0 spiro atoms. The maximum absolute atomic E-state index is 14.1. The van der Waals surface area contributed by atoms with Crippen molar-refractivity contribution in [3.8, 4) is 0 Å². The van der Waals surface area contributed by atoms with Crippen LogP contribution in [0.1, 0.15) is 25.3 Å². The second kappa shape index (κ2) is 6.16. The van der Waals surface area contributed by atoms with Crippen LogP contribution in [0.5, 0.6) is 0 Å². The van der Waals surface area contributed by atoms with Gasteiger partial charge in [-0.3, -0.25) is 0 Å². The SMILES string of the molecule is CCNCc1ccc(N(CCO)C2CC2)c(F)c1. The molecule has 2 N–H and O–H groups in total. The Morgan fingerprint density at radius 2 is 2.22 bits per heavy atom. The molecule has 0 amide bonds. The van der Waals surface area contributed by atoms with Gasteiger partial charge in [-0.15, -0.1) is 0 Å². The lowest BCUT2D eigenvalue weighted by molar-refractivity contribution is 0.301. The molecular weight excluding hydrogens is 231 g/mol. The van der Waals surface area contributed by atoms with Gasteiger partial charge in [0.2, 0.25) is 0 Å². The van der Waals surface area contributed by atoms with E-state index < -0.39 is 0 Å². The highest BCUT2D eigenvalue weighted by molar-refractivity contribution is 5.51. The molecule has 1 aromatic rings. The summed E-state index contributed by atoms with van der Waals surface area (Å²) in [5.74, 6) is -0.189. The summed E-state index contributed by atoms with van der Waals surface area (Å²) >= 11 is 0. The number of halogens is 1. The van der Waals surface area contributed by atoms with Gasteiger partial charge in [0.1, 0.15) is 5.82 Å². The Kier molecular flexibility index (Phi) is 4.55. The molecule has 2 rings (SSSR count). The highest BCUT2D eigenvalue weighted by Crippen LogP contribution is 2.33. The zero-order valence-electron chi connectivity index (χ0n) is 10.8. The molecule has 100 valence electrons. The van der Waals surface area contributed by atoms with E-state index in [1.165, 1.54) is 0 Å². The first-order chi connectivity index (χ1) is 8.76. The molecule has 1 aliphatic carbocycles. The van der Waals surface area contributed by atoms with E-state index in [2.05, 4.69) is 5.32 Å². The van der Waals surface area contributed by atoms with Gasteiger partial charge in [0.25, 0.3) is 0 Å². The molecule has 0 aromatic heterocycles. The third kappa shape index (κ3) is 3.21. The number of hydrogen-bond donors (Lipinski definition) is 2. The van der Waals surface area contributed by atoms with Gasteiger partial charge in [-0.05, 0) is 37.1 Å². The molecule has 1 aromatic carbocycles. The molecule has 0 radical (unpaired) electrons. The molecule has 0 atom stereocenters. The van der Waals surface area contributed by atoms with Crippen molar-refractivity contribution in [3.63, 3.8) is 0 Å². The van der Waals surface area contributed by atoms with Crippen LogP contribution in [0.2, 0.25) is 0 Å². The van der Waals surface area contributed by atoms with Crippen molar-refractivity contribution in [3.05, 3.63) is 29.6 Å². The number of anilines is 1. The smallest absolute Gasteiger partial charge is 0.146 e. The minimum Gasteiger partial charge on any atom is -0.395 e. The van der Waals surface area contributed by atoms with Crippen LogP contribution in [-0.2, 0) is 6.54 Å². The Hall–Kier alpha value is -1.13. The minimum absolute atomic E-state index is 0.0646. The summed E-state index contributed by atoms with van der Waals surface area (Å²) in [6.45, 7) is 4.17. The topological polar surface area (TPSA) is 35.5 Å². The number of benzene rings is 1.